The Hall–Kier alpha value is -2.77. The van der Waals surface area contributed by atoms with Crippen molar-refractivity contribution in [3.8, 4) is 0 Å². The average molecular weight is 430 g/mol. The van der Waals surface area contributed by atoms with Crippen LogP contribution >= 0.6 is 0 Å². The molecule has 0 aliphatic carbocycles. The molecular formula is C16H30O13. The van der Waals surface area contributed by atoms with E-state index in [1.165, 1.54) is 20.8 Å². The lowest BCUT2D eigenvalue weighted by Crippen LogP contribution is -2.29. The van der Waals surface area contributed by atoms with Crippen LogP contribution in [0, 0.1) is 0 Å². The lowest BCUT2D eigenvalue weighted by atomic mass is 10.4. The van der Waals surface area contributed by atoms with Gasteiger partial charge >= 0.3 is 17.9 Å². The molecule has 0 heterocycles. The van der Waals surface area contributed by atoms with Crippen LogP contribution in [0.25, 0.3) is 0 Å². The van der Waals surface area contributed by atoms with Crippen LogP contribution in [0.3, 0.4) is 0 Å². The lowest BCUT2D eigenvalue weighted by molar-refractivity contribution is -0.163. The zero-order valence-electron chi connectivity index (χ0n) is 17.0. The number of ether oxygens (including phenoxy) is 3. The number of hydrogen-bond donors (Lipinski definition) is 5. The molecule has 0 saturated heterocycles. The minimum absolute atomic E-state index is 0.123. The Morgan fingerprint density at radius 2 is 0.966 bits per heavy atom. The predicted molar refractivity (Wildman–Crippen MR) is 95.6 cm³/mol. The molecule has 0 spiro atoms. The summed E-state index contributed by atoms with van der Waals surface area (Å²) >= 11 is 0. The highest BCUT2D eigenvalue weighted by Crippen LogP contribution is 1.97. The molecule has 0 amide bonds. The van der Waals surface area contributed by atoms with Crippen LogP contribution in [0.2, 0.25) is 0 Å². The first-order chi connectivity index (χ1) is 13.2. The second kappa shape index (κ2) is 23.3. The summed E-state index contributed by atoms with van der Waals surface area (Å²) in [6.07, 6.45) is -1.71. The summed E-state index contributed by atoms with van der Waals surface area (Å²) in [5, 5.41) is 38.8. The Bertz CT molecular complexity index is 433. The predicted octanol–water partition coefficient (Wildman–Crippen LogP) is -1.44. The van der Waals surface area contributed by atoms with E-state index >= 15 is 0 Å². The Kier molecular flexibility index (Phi) is 27.1. The molecule has 0 aromatic rings. The van der Waals surface area contributed by atoms with Gasteiger partial charge in [-0.3, -0.25) is 24.0 Å². The van der Waals surface area contributed by atoms with Crippen molar-refractivity contribution < 1.29 is 63.7 Å². The fraction of sp³-hybridized carbons (Fsp3) is 0.688. The van der Waals surface area contributed by atoms with Gasteiger partial charge < -0.3 is 39.7 Å². The van der Waals surface area contributed by atoms with Gasteiger partial charge in [-0.15, -0.1) is 0 Å². The third kappa shape index (κ3) is 58.7. The van der Waals surface area contributed by atoms with E-state index in [0.29, 0.717) is 0 Å². The summed E-state index contributed by atoms with van der Waals surface area (Å²) in [7, 11) is 0. The van der Waals surface area contributed by atoms with Crippen molar-refractivity contribution in [1.82, 2.24) is 0 Å². The molecule has 0 aliphatic rings. The van der Waals surface area contributed by atoms with Crippen molar-refractivity contribution in [3.05, 3.63) is 0 Å². The second-order valence-corrected chi connectivity index (χ2v) is 4.89. The molecule has 29 heavy (non-hydrogen) atoms. The average Bonchev–Trinajstić information content (AvgIpc) is 2.55. The van der Waals surface area contributed by atoms with Crippen LogP contribution in [0.1, 0.15) is 34.6 Å². The number of esters is 3. The van der Waals surface area contributed by atoms with E-state index in [1.807, 2.05) is 0 Å². The van der Waals surface area contributed by atoms with Crippen LogP contribution in [0.4, 0.5) is 0 Å². The number of carbonyl (C=O) groups is 5. The molecule has 13 nitrogen and oxygen atoms in total. The van der Waals surface area contributed by atoms with Gasteiger partial charge in [0, 0.05) is 34.6 Å². The van der Waals surface area contributed by atoms with Gasteiger partial charge in [0.1, 0.15) is 19.3 Å². The zero-order chi connectivity index (χ0) is 24.0. The van der Waals surface area contributed by atoms with Gasteiger partial charge in [0.25, 0.3) is 11.9 Å². The molecule has 5 N–H and O–H groups in total. The smallest absolute Gasteiger partial charge is 0.303 e. The van der Waals surface area contributed by atoms with Crippen LogP contribution in [-0.2, 0) is 38.2 Å². The van der Waals surface area contributed by atoms with Gasteiger partial charge in [-0.05, 0) is 0 Å². The number of rotatable bonds is 7. The van der Waals surface area contributed by atoms with Crippen molar-refractivity contribution in [1.29, 1.82) is 0 Å². The van der Waals surface area contributed by atoms with Gasteiger partial charge in [-0.25, -0.2) is 0 Å². The Morgan fingerprint density at radius 1 is 0.690 bits per heavy atom. The highest BCUT2D eigenvalue weighted by atomic mass is 16.6. The summed E-state index contributed by atoms with van der Waals surface area (Å²) in [4.78, 5) is 49.6. The maximum Gasteiger partial charge on any atom is 0.303 e. The third-order valence-corrected chi connectivity index (χ3v) is 1.70. The van der Waals surface area contributed by atoms with E-state index in [2.05, 4.69) is 9.47 Å². The lowest BCUT2D eigenvalue weighted by Gasteiger charge is -2.15. The summed E-state index contributed by atoms with van der Waals surface area (Å²) in [6.45, 7) is 4.87. The summed E-state index contributed by atoms with van der Waals surface area (Å²) in [6, 6.07) is 0. The first-order valence-electron chi connectivity index (χ1n) is 7.92. The summed E-state index contributed by atoms with van der Waals surface area (Å²) < 4.78 is 14.0. The van der Waals surface area contributed by atoms with E-state index in [-0.39, 0.29) is 26.4 Å². The standard InChI is InChI=1S/C9H14O6.C3H8O3.2C2H4O2/c1-6(10)13-4-9(15-8(3)12)5-14-7(2)11;4-1-3(6)2-5;2*1-2(3)4/h9H,4-5H2,1-3H3;3-6H,1-2H2;2*1H3,(H,3,4). The number of carbonyl (C=O) groups excluding carboxylic acids is 3. The van der Waals surface area contributed by atoms with Crippen molar-refractivity contribution in [2.24, 2.45) is 0 Å². The topological polar surface area (TPSA) is 214 Å². The van der Waals surface area contributed by atoms with Crippen molar-refractivity contribution in [3.63, 3.8) is 0 Å². The third-order valence-electron chi connectivity index (χ3n) is 1.70. The van der Waals surface area contributed by atoms with Gasteiger partial charge in [0.05, 0.1) is 13.2 Å². The van der Waals surface area contributed by atoms with Gasteiger partial charge in [-0.1, -0.05) is 0 Å². The number of aliphatic hydroxyl groups is 3. The van der Waals surface area contributed by atoms with E-state index in [1.54, 1.807) is 0 Å². The molecule has 13 heteroatoms. The molecule has 0 aromatic carbocycles. The Labute approximate surface area is 167 Å². The molecule has 0 aliphatic heterocycles. The van der Waals surface area contributed by atoms with Crippen LogP contribution in [0.15, 0.2) is 0 Å². The number of hydrogen-bond acceptors (Lipinski definition) is 11. The van der Waals surface area contributed by atoms with Gasteiger partial charge in [0.2, 0.25) is 0 Å². The van der Waals surface area contributed by atoms with Gasteiger partial charge in [0.15, 0.2) is 6.10 Å². The number of carboxylic acid groups (broad SMARTS) is 2. The van der Waals surface area contributed by atoms with E-state index < -0.39 is 42.1 Å². The van der Waals surface area contributed by atoms with E-state index in [0.717, 1.165) is 13.8 Å². The number of carboxylic acids is 2. The quantitative estimate of drug-likeness (QED) is 0.231. The fourth-order valence-electron chi connectivity index (χ4n) is 0.829. The maximum atomic E-state index is 10.6. The van der Waals surface area contributed by atoms with Crippen LogP contribution in [-0.4, -0.2) is 94.0 Å². The van der Waals surface area contributed by atoms with E-state index in [4.69, 9.17) is 39.9 Å². The minimum atomic E-state index is -0.954. The van der Waals surface area contributed by atoms with E-state index in [9.17, 15) is 14.4 Å². The molecule has 172 valence electrons. The maximum absolute atomic E-state index is 10.6. The fourth-order valence-corrected chi connectivity index (χ4v) is 0.829. The Balaban J connectivity index is -0.000000182. The summed E-state index contributed by atoms with van der Waals surface area (Å²) in [5.41, 5.74) is 0. The van der Waals surface area contributed by atoms with Crippen molar-refractivity contribution >= 4 is 29.8 Å². The molecule has 0 aromatic heterocycles. The minimum Gasteiger partial charge on any atom is -0.481 e. The highest BCUT2D eigenvalue weighted by molar-refractivity contribution is 5.67. The zero-order valence-corrected chi connectivity index (χ0v) is 17.0. The number of aliphatic hydroxyl groups excluding tert-OH is 3. The molecule has 0 saturated carbocycles. The molecule has 0 radical (unpaired) electrons. The van der Waals surface area contributed by atoms with Gasteiger partial charge in [-0.2, -0.15) is 0 Å². The van der Waals surface area contributed by atoms with Crippen LogP contribution < -0.4 is 0 Å². The van der Waals surface area contributed by atoms with Crippen molar-refractivity contribution in [2.75, 3.05) is 26.4 Å². The first-order valence-corrected chi connectivity index (χ1v) is 7.92. The highest BCUT2D eigenvalue weighted by Gasteiger charge is 2.15. The molecule has 0 unspecified atom stereocenters. The molecule has 0 rings (SSSR count). The first kappa shape index (κ1) is 33.8. The molecule has 0 bridgehead atoms. The number of aliphatic carboxylic acids is 2. The van der Waals surface area contributed by atoms with Crippen molar-refractivity contribution in [2.45, 2.75) is 46.8 Å². The normalized spacial score (nSPS) is 8.76. The molecular weight excluding hydrogens is 400 g/mol. The molecule has 0 fully saturated rings. The summed E-state index contributed by atoms with van der Waals surface area (Å²) in [5.74, 6) is -3.18. The molecule has 0 atom stereocenters. The second-order valence-electron chi connectivity index (χ2n) is 4.89. The monoisotopic (exact) mass is 430 g/mol. The SMILES string of the molecule is CC(=O)O.CC(=O)O.CC(=O)OCC(COC(C)=O)OC(C)=O.OCC(O)CO. The van der Waals surface area contributed by atoms with Crippen LogP contribution in [0.5, 0.6) is 0 Å². The largest absolute Gasteiger partial charge is 0.481 e. The Morgan fingerprint density at radius 3 is 1.10 bits per heavy atom.